The highest BCUT2D eigenvalue weighted by molar-refractivity contribution is 7.16. The molecule has 8 nitrogen and oxygen atoms in total. The van der Waals surface area contributed by atoms with E-state index in [1.54, 1.807) is 18.2 Å². The van der Waals surface area contributed by atoms with E-state index < -0.39 is 5.97 Å². The molecule has 0 unspecified atom stereocenters. The van der Waals surface area contributed by atoms with Gasteiger partial charge in [-0.05, 0) is 25.5 Å². The van der Waals surface area contributed by atoms with Gasteiger partial charge >= 0.3 is 5.97 Å². The van der Waals surface area contributed by atoms with Gasteiger partial charge in [-0.1, -0.05) is 36.0 Å². The van der Waals surface area contributed by atoms with Crippen molar-refractivity contribution in [2.45, 2.75) is 26.9 Å². The van der Waals surface area contributed by atoms with E-state index in [0.29, 0.717) is 22.6 Å². The van der Waals surface area contributed by atoms with E-state index in [1.165, 1.54) is 21.9 Å². The minimum atomic E-state index is -0.614. The molecule has 0 atom stereocenters. The number of hydrogen-bond donors (Lipinski definition) is 1. The first-order valence-electron chi connectivity index (χ1n) is 8.35. The summed E-state index contributed by atoms with van der Waals surface area (Å²) in [6, 6.07) is 8.33. The van der Waals surface area contributed by atoms with E-state index in [-0.39, 0.29) is 24.6 Å². The molecule has 0 aliphatic carbocycles. The van der Waals surface area contributed by atoms with Gasteiger partial charge in [0.25, 0.3) is 11.5 Å². The molecule has 0 bridgehead atoms. The standard InChI is InChI=1S/C18H18N4O4S/c1-3-14-21-22-15(23)8-13(20-18(22)27-14)10-26-16(24)9-19-17(25)12-6-4-5-11(2)7-12/h4-8H,3,9-10H2,1-2H3,(H,19,25). The predicted molar refractivity (Wildman–Crippen MR) is 99.8 cm³/mol. The lowest BCUT2D eigenvalue weighted by Crippen LogP contribution is -2.30. The summed E-state index contributed by atoms with van der Waals surface area (Å²) in [5.74, 6) is -0.971. The quantitative estimate of drug-likeness (QED) is 0.644. The molecule has 0 aliphatic rings. The van der Waals surface area contributed by atoms with Gasteiger partial charge in [-0.15, -0.1) is 0 Å². The number of rotatable bonds is 6. The van der Waals surface area contributed by atoms with Crippen molar-refractivity contribution in [1.82, 2.24) is 19.9 Å². The van der Waals surface area contributed by atoms with Crippen LogP contribution in [0, 0.1) is 6.92 Å². The zero-order chi connectivity index (χ0) is 19.4. The normalized spacial score (nSPS) is 10.7. The first kappa shape index (κ1) is 18.7. The minimum absolute atomic E-state index is 0.149. The molecule has 2 heterocycles. The van der Waals surface area contributed by atoms with E-state index in [9.17, 15) is 14.4 Å². The maximum atomic E-state index is 12.0. The maximum Gasteiger partial charge on any atom is 0.325 e. The fourth-order valence-corrected chi connectivity index (χ4v) is 3.22. The molecule has 1 N–H and O–H groups in total. The van der Waals surface area contributed by atoms with Crippen molar-refractivity contribution in [2.24, 2.45) is 0 Å². The third-order valence-electron chi connectivity index (χ3n) is 3.70. The predicted octanol–water partition coefficient (Wildman–Crippen LogP) is 1.50. The van der Waals surface area contributed by atoms with E-state index in [0.717, 1.165) is 10.6 Å². The number of hydrogen-bond acceptors (Lipinski definition) is 7. The lowest BCUT2D eigenvalue weighted by Gasteiger charge is -2.07. The summed E-state index contributed by atoms with van der Waals surface area (Å²) in [5.41, 5.74) is 1.44. The Morgan fingerprint density at radius 2 is 2.11 bits per heavy atom. The number of benzene rings is 1. The van der Waals surface area contributed by atoms with Crippen LogP contribution >= 0.6 is 11.3 Å². The number of fused-ring (bicyclic) bond motifs is 1. The zero-order valence-corrected chi connectivity index (χ0v) is 15.7. The summed E-state index contributed by atoms with van der Waals surface area (Å²) >= 11 is 1.32. The number of ether oxygens (including phenoxy) is 1. The molecule has 0 saturated heterocycles. The summed E-state index contributed by atoms with van der Waals surface area (Å²) < 4.78 is 6.33. The molecule has 0 spiro atoms. The van der Waals surface area contributed by atoms with E-state index in [4.69, 9.17) is 4.74 Å². The summed E-state index contributed by atoms with van der Waals surface area (Å²) in [5, 5.41) is 7.46. The topological polar surface area (TPSA) is 103 Å². The lowest BCUT2D eigenvalue weighted by molar-refractivity contribution is -0.143. The minimum Gasteiger partial charge on any atom is -0.458 e. The molecular weight excluding hydrogens is 368 g/mol. The summed E-state index contributed by atoms with van der Waals surface area (Å²) in [6.45, 7) is 3.40. The van der Waals surface area contributed by atoms with Crippen LogP contribution in [0.25, 0.3) is 4.96 Å². The van der Waals surface area contributed by atoms with Crippen LogP contribution in [0.15, 0.2) is 35.1 Å². The van der Waals surface area contributed by atoms with Gasteiger partial charge in [0.1, 0.15) is 18.2 Å². The van der Waals surface area contributed by atoms with Crippen LogP contribution in [0.5, 0.6) is 0 Å². The molecule has 3 aromatic rings. The average molecular weight is 386 g/mol. The van der Waals surface area contributed by atoms with Gasteiger partial charge in [0.05, 0.1) is 5.69 Å². The van der Waals surface area contributed by atoms with Crippen LogP contribution in [-0.2, 0) is 22.6 Å². The lowest BCUT2D eigenvalue weighted by atomic mass is 10.1. The monoisotopic (exact) mass is 386 g/mol. The smallest absolute Gasteiger partial charge is 0.325 e. The number of nitrogens with one attached hydrogen (secondary N) is 1. The second-order valence-corrected chi connectivity index (χ2v) is 6.88. The van der Waals surface area contributed by atoms with Gasteiger partial charge in [0.15, 0.2) is 0 Å². The molecule has 0 saturated carbocycles. The molecule has 0 radical (unpaired) electrons. The van der Waals surface area contributed by atoms with Gasteiger partial charge in [-0.2, -0.15) is 9.61 Å². The van der Waals surface area contributed by atoms with Crippen molar-refractivity contribution in [1.29, 1.82) is 0 Å². The second kappa shape index (κ2) is 8.09. The third kappa shape index (κ3) is 4.56. The van der Waals surface area contributed by atoms with Gasteiger partial charge in [-0.3, -0.25) is 14.4 Å². The van der Waals surface area contributed by atoms with Crippen LogP contribution in [0.3, 0.4) is 0 Å². The number of esters is 1. The zero-order valence-electron chi connectivity index (χ0n) is 14.9. The SMILES string of the molecule is CCc1nn2c(=O)cc(COC(=O)CNC(=O)c3cccc(C)c3)nc2s1. The van der Waals surface area contributed by atoms with E-state index in [1.807, 2.05) is 19.9 Å². The molecule has 0 fully saturated rings. The molecule has 1 amide bonds. The molecule has 2 aromatic heterocycles. The molecule has 3 rings (SSSR count). The first-order chi connectivity index (χ1) is 13.0. The Morgan fingerprint density at radius 1 is 1.30 bits per heavy atom. The van der Waals surface area contributed by atoms with Crippen molar-refractivity contribution < 1.29 is 14.3 Å². The maximum absolute atomic E-state index is 12.0. The molecule has 140 valence electrons. The summed E-state index contributed by atoms with van der Waals surface area (Å²) in [4.78, 5) is 40.7. The molecular formula is C18H18N4O4S. The Balaban J connectivity index is 1.56. The number of carbonyl (C=O) groups is 2. The fourth-order valence-electron chi connectivity index (χ4n) is 2.36. The average Bonchev–Trinajstić information content (AvgIpc) is 3.08. The van der Waals surface area contributed by atoms with E-state index >= 15 is 0 Å². The van der Waals surface area contributed by atoms with Gasteiger partial charge in [0.2, 0.25) is 4.96 Å². The van der Waals surface area contributed by atoms with E-state index in [2.05, 4.69) is 15.4 Å². The number of aryl methyl sites for hydroxylation is 2. The van der Waals surface area contributed by atoms with Crippen LogP contribution < -0.4 is 10.9 Å². The van der Waals surface area contributed by atoms with Gasteiger partial charge < -0.3 is 10.1 Å². The Bertz CT molecular complexity index is 1060. The first-order valence-corrected chi connectivity index (χ1v) is 9.17. The highest BCUT2D eigenvalue weighted by Crippen LogP contribution is 2.12. The van der Waals surface area contributed by atoms with Gasteiger partial charge in [0, 0.05) is 11.6 Å². The summed E-state index contributed by atoms with van der Waals surface area (Å²) in [7, 11) is 0. The van der Waals surface area contributed by atoms with Crippen LogP contribution in [-0.4, -0.2) is 33.0 Å². The largest absolute Gasteiger partial charge is 0.458 e. The number of carbonyl (C=O) groups excluding carboxylic acids is 2. The summed E-state index contributed by atoms with van der Waals surface area (Å²) in [6.07, 6.45) is 0.707. The Kier molecular flexibility index (Phi) is 5.60. The molecule has 1 aromatic carbocycles. The molecule has 0 aliphatic heterocycles. The number of aromatic nitrogens is 3. The number of amides is 1. The Hall–Kier alpha value is -3.07. The van der Waals surface area contributed by atoms with Crippen molar-refractivity contribution in [3.63, 3.8) is 0 Å². The highest BCUT2D eigenvalue weighted by Gasteiger charge is 2.12. The Labute approximate surface area is 158 Å². The molecule has 9 heteroatoms. The Morgan fingerprint density at radius 3 is 2.85 bits per heavy atom. The highest BCUT2D eigenvalue weighted by atomic mass is 32.1. The van der Waals surface area contributed by atoms with Crippen molar-refractivity contribution in [3.05, 3.63) is 62.5 Å². The van der Waals surface area contributed by atoms with Crippen molar-refractivity contribution in [2.75, 3.05) is 6.54 Å². The van der Waals surface area contributed by atoms with Gasteiger partial charge in [-0.25, -0.2) is 4.98 Å². The number of nitrogens with zero attached hydrogens (tertiary/aromatic N) is 3. The van der Waals surface area contributed by atoms with Crippen molar-refractivity contribution in [3.8, 4) is 0 Å². The second-order valence-electron chi connectivity index (χ2n) is 5.84. The van der Waals surface area contributed by atoms with Crippen LogP contribution in [0.1, 0.15) is 33.5 Å². The van der Waals surface area contributed by atoms with Crippen molar-refractivity contribution >= 4 is 28.2 Å². The fraction of sp³-hybridized carbons (Fsp3) is 0.278. The van der Waals surface area contributed by atoms with Crippen LogP contribution in [0.4, 0.5) is 0 Å². The molecule has 27 heavy (non-hydrogen) atoms. The van der Waals surface area contributed by atoms with Crippen LogP contribution in [0.2, 0.25) is 0 Å². The third-order valence-corrected chi connectivity index (χ3v) is 4.75.